The Morgan fingerprint density at radius 3 is 2.73 bits per heavy atom. The van der Waals surface area contributed by atoms with Gasteiger partial charge in [-0.25, -0.2) is 0 Å². The van der Waals surface area contributed by atoms with Crippen molar-refractivity contribution in [3.05, 3.63) is 35.4 Å². The van der Waals surface area contributed by atoms with Crippen molar-refractivity contribution >= 4 is 17.5 Å². The number of rotatable bonds is 4. The van der Waals surface area contributed by atoms with Gasteiger partial charge in [0.15, 0.2) is 5.78 Å². The molecule has 1 aliphatic carbocycles. The molecule has 0 heterocycles. The first-order valence-electron chi connectivity index (χ1n) is 5.44. The van der Waals surface area contributed by atoms with Crippen molar-refractivity contribution < 1.29 is 4.79 Å². The second-order valence-electron chi connectivity index (χ2n) is 4.07. The van der Waals surface area contributed by atoms with Crippen molar-refractivity contribution in [2.45, 2.75) is 25.2 Å². The Morgan fingerprint density at radius 1 is 1.40 bits per heavy atom. The van der Waals surface area contributed by atoms with Gasteiger partial charge in [-0.3, -0.25) is 4.79 Å². The summed E-state index contributed by atoms with van der Waals surface area (Å²) in [5.41, 5.74) is 2.24. The fraction of sp³-hybridized carbons (Fsp3) is 0.462. The average molecular weight is 220 g/mol. The van der Waals surface area contributed by atoms with Crippen LogP contribution in [0.15, 0.2) is 24.3 Å². The van der Waals surface area contributed by atoms with Gasteiger partial charge in [0.1, 0.15) is 0 Å². The second-order valence-corrected chi connectivity index (χ2v) is 4.94. The van der Waals surface area contributed by atoms with E-state index in [-0.39, 0.29) is 5.78 Å². The molecule has 1 nitrogen and oxygen atoms in total. The fourth-order valence-electron chi connectivity index (χ4n) is 2.04. The highest BCUT2D eigenvalue weighted by Crippen LogP contribution is 2.38. The van der Waals surface area contributed by atoms with Crippen LogP contribution in [0.3, 0.4) is 0 Å². The van der Waals surface area contributed by atoms with Gasteiger partial charge in [-0.1, -0.05) is 30.7 Å². The number of carbonyl (C=O) groups excluding carboxylic acids is 1. The molecule has 0 radical (unpaired) electrons. The molecular weight excluding hydrogens is 204 g/mol. The van der Waals surface area contributed by atoms with Crippen LogP contribution in [0.25, 0.3) is 0 Å². The van der Waals surface area contributed by atoms with Crippen LogP contribution in [0.2, 0.25) is 0 Å². The van der Waals surface area contributed by atoms with Crippen molar-refractivity contribution in [3.8, 4) is 0 Å². The van der Waals surface area contributed by atoms with Crippen molar-refractivity contribution in [1.82, 2.24) is 0 Å². The minimum absolute atomic E-state index is 0.282. The third-order valence-corrected chi connectivity index (χ3v) is 3.63. The summed E-state index contributed by atoms with van der Waals surface area (Å²) in [4.78, 5) is 11.9. The number of benzene rings is 1. The lowest BCUT2D eigenvalue weighted by atomic mass is 9.78. The number of hydrogen-bond donors (Lipinski definition) is 0. The summed E-state index contributed by atoms with van der Waals surface area (Å²) in [7, 11) is 0. The van der Waals surface area contributed by atoms with E-state index < -0.39 is 0 Å². The summed E-state index contributed by atoms with van der Waals surface area (Å²) in [5, 5.41) is 0. The van der Waals surface area contributed by atoms with E-state index in [1.807, 2.05) is 24.5 Å². The third kappa shape index (κ3) is 2.25. The standard InChI is InChI=1S/C13H16OS/c1-15-9-13(14)12-8-3-2-7-11(12)10-5-4-6-10/h2-3,7-8,10H,4-6,9H2,1H3. The van der Waals surface area contributed by atoms with E-state index in [1.165, 1.54) is 24.8 Å². The summed E-state index contributed by atoms with van der Waals surface area (Å²) in [6.45, 7) is 0. The Kier molecular flexibility index (Phi) is 3.47. The molecule has 0 bridgehead atoms. The Hall–Kier alpha value is -0.760. The van der Waals surface area contributed by atoms with Gasteiger partial charge in [0, 0.05) is 5.56 Å². The molecule has 0 saturated heterocycles. The van der Waals surface area contributed by atoms with Gasteiger partial charge in [-0.05, 0) is 30.6 Å². The van der Waals surface area contributed by atoms with E-state index >= 15 is 0 Å². The van der Waals surface area contributed by atoms with Crippen LogP contribution < -0.4 is 0 Å². The molecule has 0 atom stereocenters. The van der Waals surface area contributed by atoms with Crippen molar-refractivity contribution in [1.29, 1.82) is 0 Å². The Labute approximate surface area is 95.3 Å². The lowest BCUT2D eigenvalue weighted by Crippen LogP contribution is -2.14. The van der Waals surface area contributed by atoms with Crippen LogP contribution in [0.4, 0.5) is 0 Å². The van der Waals surface area contributed by atoms with E-state index in [0.717, 1.165) is 5.56 Å². The van der Waals surface area contributed by atoms with E-state index in [1.54, 1.807) is 11.8 Å². The Balaban J connectivity index is 2.24. The van der Waals surface area contributed by atoms with Gasteiger partial charge in [0.25, 0.3) is 0 Å². The first-order chi connectivity index (χ1) is 7.33. The van der Waals surface area contributed by atoms with Gasteiger partial charge in [0.05, 0.1) is 5.75 Å². The van der Waals surface area contributed by atoms with Crippen LogP contribution >= 0.6 is 11.8 Å². The minimum Gasteiger partial charge on any atom is -0.293 e. The van der Waals surface area contributed by atoms with Crippen molar-refractivity contribution in [3.63, 3.8) is 0 Å². The summed E-state index contributed by atoms with van der Waals surface area (Å²) < 4.78 is 0. The largest absolute Gasteiger partial charge is 0.293 e. The van der Waals surface area contributed by atoms with Crippen LogP contribution in [0.5, 0.6) is 0 Å². The molecule has 2 rings (SSSR count). The summed E-state index contributed by atoms with van der Waals surface area (Å²) in [6.07, 6.45) is 5.80. The number of thioether (sulfide) groups is 1. The minimum atomic E-state index is 0.282. The molecule has 0 spiro atoms. The van der Waals surface area contributed by atoms with Crippen molar-refractivity contribution in [2.24, 2.45) is 0 Å². The van der Waals surface area contributed by atoms with Gasteiger partial charge in [0.2, 0.25) is 0 Å². The summed E-state index contributed by atoms with van der Waals surface area (Å²) in [5.74, 6) is 1.53. The van der Waals surface area contributed by atoms with E-state index in [0.29, 0.717) is 11.7 Å². The highest BCUT2D eigenvalue weighted by molar-refractivity contribution is 7.99. The molecule has 0 unspecified atom stereocenters. The predicted octanol–water partition coefficient (Wildman–Crippen LogP) is 3.50. The van der Waals surface area contributed by atoms with Crippen LogP contribution in [-0.2, 0) is 0 Å². The van der Waals surface area contributed by atoms with Gasteiger partial charge >= 0.3 is 0 Å². The summed E-state index contributed by atoms with van der Waals surface area (Å²) >= 11 is 1.60. The molecule has 1 aromatic rings. The monoisotopic (exact) mass is 220 g/mol. The predicted molar refractivity (Wildman–Crippen MR) is 65.7 cm³/mol. The first kappa shape index (κ1) is 10.7. The van der Waals surface area contributed by atoms with Crippen LogP contribution in [0.1, 0.15) is 41.1 Å². The average Bonchev–Trinajstić information content (AvgIpc) is 2.16. The molecule has 0 N–H and O–H groups in total. The molecule has 0 aliphatic heterocycles. The highest BCUT2D eigenvalue weighted by atomic mass is 32.2. The fourth-order valence-corrected chi connectivity index (χ4v) is 2.45. The quantitative estimate of drug-likeness (QED) is 0.722. The zero-order valence-electron chi connectivity index (χ0n) is 9.03. The molecule has 1 aromatic carbocycles. The van der Waals surface area contributed by atoms with E-state index in [4.69, 9.17) is 0 Å². The number of ketones is 1. The smallest absolute Gasteiger partial charge is 0.172 e. The molecule has 1 saturated carbocycles. The zero-order chi connectivity index (χ0) is 10.7. The van der Waals surface area contributed by atoms with Crippen LogP contribution in [-0.4, -0.2) is 17.8 Å². The van der Waals surface area contributed by atoms with E-state index in [9.17, 15) is 4.79 Å². The number of carbonyl (C=O) groups is 1. The van der Waals surface area contributed by atoms with Crippen molar-refractivity contribution in [2.75, 3.05) is 12.0 Å². The molecule has 0 aromatic heterocycles. The Bertz CT molecular complexity index is 355. The lowest BCUT2D eigenvalue weighted by Gasteiger charge is -2.27. The van der Waals surface area contributed by atoms with E-state index in [2.05, 4.69) is 6.07 Å². The Morgan fingerprint density at radius 2 is 2.13 bits per heavy atom. The maximum absolute atomic E-state index is 11.9. The first-order valence-corrected chi connectivity index (χ1v) is 6.83. The number of hydrogen-bond acceptors (Lipinski definition) is 2. The van der Waals surface area contributed by atoms with Gasteiger partial charge in [-0.15, -0.1) is 0 Å². The molecule has 0 amide bonds. The maximum Gasteiger partial charge on any atom is 0.172 e. The van der Waals surface area contributed by atoms with Gasteiger partial charge < -0.3 is 0 Å². The molecular formula is C13H16OS. The van der Waals surface area contributed by atoms with Gasteiger partial charge in [-0.2, -0.15) is 11.8 Å². The second kappa shape index (κ2) is 4.84. The maximum atomic E-state index is 11.9. The highest BCUT2D eigenvalue weighted by Gasteiger charge is 2.23. The summed E-state index contributed by atoms with van der Waals surface area (Å²) in [6, 6.07) is 8.11. The normalized spacial score (nSPS) is 16.1. The molecule has 15 heavy (non-hydrogen) atoms. The SMILES string of the molecule is CSCC(=O)c1ccccc1C1CCC1. The molecule has 1 aliphatic rings. The lowest BCUT2D eigenvalue weighted by molar-refractivity contribution is 0.102. The topological polar surface area (TPSA) is 17.1 Å². The zero-order valence-corrected chi connectivity index (χ0v) is 9.85. The third-order valence-electron chi connectivity index (χ3n) is 3.08. The molecule has 2 heteroatoms. The van der Waals surface area contributed by atoms with Crippen LogP contribution in [0, 0.1) is 0 Å². The molecule has 80 valence electrons. The molecule has 1 fully saturated rings. The number of Topliss-reactive ketones (excluding diaryl/α,β-unsaturated/α-hetero) is 1.